The molecule has 0 aliphatic heterocycles. The molecule has 0 saturated heterocycles. The van der Waals surface area contributed by atoms with Crippen LogP contribution in [0.1, 0.15) is 24.5 Å². The van der Waals surface area contributed by atoms with E-state index in [1.807, 2.05) is 43.3 Å². The lowest BCUT2D eigenvalue weighted by Gasteiger charge is -2.34. The Bertz CT molecular complexity index is 1700. The molecule has 0 heterocycles. The average molecular weight is 669 g/mol. The number of rotatable bonds is 14. The maximum atomic E-state index is 14.5. The summed E-state index contributed by atoms with van der Waals surface area (Å²) >= 11 is 12.3. The van der Waals surface area contributed by atoms with Crippen molar-refractivity contribution in [3.63, 3.8) is 0 Å². The highest BCUT2D eigenvalue weighted by Gasteiger charge is 2.34. The van der Waals surface area contributed by atoms with Gasteiger partial charge in [-0.3, -0.25) is 13.9 Å². The van der Waals surface area contributed by atoms with Crippen LogP contribution in [0.3, 0.4) is 0 Å². The lowest BCUT2D eigenvalue weighted by atomic mass is 10.0. The van der Waals surface area contributed by atoms with Crippen LogP contribution in [-0.4, -0.2) is 51.4 Å². The van der Waals surface area contributed by atoms with Gasteiger partial charge in [-0.1, -0.05) is 78.7 Å². The summed E-state index contributed by atoms with van der Waals surface area (Å²) in [4.78, 5) is 29.6. The molecule has 45 heavy (non-hydrogen) atoms. The highest BCUT2D eigenvalue weighted by Crippen LogP contribution is 2.28. The number of nitrogens with zero attached hydrogens (tertiary/aromatic N) is 2. The minimum atomic E-state index is -4.27. The molecule has 11 heteroatoms. The Morgan fingerprint density at radius 3 is 2.20 bits per heavy atom. The number of hydrogen-bond acceptors (Lipinski definition) is 5. The maximum absolute atomic E-state index is 14.5. The Labute approximate surface area is 274 Å². The summed E-state index contributed by atoms with van der Waals surface area (Å²) in [6.45, 7) is 1.79. The summed E-state index contributed by atoms with van der Waals surface area (Å²) in [6.07, 6.45) is 0.919. The fourth-order valence-corrected chi connectivity index (χ4v) is 6.50. The monoisotopic (exact) mass is 667 g/mol. The third-order valence-electron chi connectivity index (χ3n) is 7.08. The highest BCUT2D eigenvalue weighted by atomic mass is 35.5. The first-order chi connectivity index (χ1) is 21.6. The molecule has 0 aliphatic carbocycles. The van der Waals surface area contributed by atoms with Crippen molar-refractivity contribution in [2.45, 2.75) is 37.2 Å². The van der Waals surface area contributed by atoms with Gasteiger partial charge in [-0.25, -0.2) is 8.42 Å². The van der Waals surface area contributed by atoms with Crippen LogP contribution in [0.15, 0.2) is 108 Å². The van der Waals surface area contributed by atoms with Crippen LogP contribution in [0.2, 0.25) is 10.0 Å². The molecule has 0 unspecified atom stereocenters. The van der Waals surface area contributed by atoms with Gasteiger partial charge in [0.25, 0.3) is 10.0 Å². The van der Waals surface area contributed by atoms with Gasteiger partial charge < -0.3 is 15.0 Å². The Morgan fingerprint density at radius 1 is 0.844 bits per heavy atom. The Kier molecular flexibility index (Phi) is 11.9. The summed E-state index contributed by atoms with van der Waals surface area (Å²) in [6, 6.07) is 27.6. The van der Waals surface area contributed by atoms with Crippen LogP contribution in [0.25, 0.3) is 0 Å². The standard InChI is InChI=1S/C34H35Cl2N3O5S/c1-3-19-37-34(41)32(21-25-9-5-4-6-10-25)38(23-26-11-7-14-30(20-26)44-2)33(40)24-39(29-13-8-12-28(36)22-29)45(42,43)31-17-15-27(35)16-18-31/h4-18,20,22,32H,3,19,21,23-24H2,1-2H3,(H,37,41)/t32-/m0/s1. The van der Waals surface area contributed by atoms with Crippen LogP contribution in [0.4, 0.5) is 5.69 Å². The molecule has 0 radical (unpaired) electrons. The number of methoxy groups -OCH3 is 1. The van der Waals surface area contributed by atoms with Gasteiger partial charge in [-0.15, -0.1) is 0 Å². The van der Waals surface area contributed by atoms with E-state index in [2.05, 4.69) is 5.32 Å². The van der Waals surface area contributed by atoms with E-state index in [1.165, 1.54) is 35.2 Å². The van der Waals surface area contributed by atoms with E-state index in [-0.39, 0.29) is 29.5 Å². The number of halogens is 2. The van der Waals surface area contributed by atoms with Crippen molar-refractivity contribution in [3.8, 4) is 5.75 Å². The average Bonchev–Trinajstić information content (AvgIpc) is 3.04. The zero-order valence-electron chi connectivity index (χ0n) is 25.0. The van der Waals surface area contributed by atoms with Gasteiger partial charge >= 0.3 is 0 Å². The number of carbonyl (C=O) groups is 2. The number of sulfonamides is 1. The van der Waals surface area contributed by atoms with Gasteiger partial charge in [0.05, 0.1) is 17.7 Å². The number of anilines is 1. The quantitative estimate of drug-likeness (QED) is 0.169. The predicted molar refractivity (Wildman–Crippen MR) is 178 cm³/mol. The molecule has 0 aromatic heterocycles. The molecule has 1 atom stereocenters. The van der Waals surface area contributed by atoms with Crippen molar-refractivity contribution >= 4 is 50.7 Å². The van der Waals surface area contributed by atoms with Crippen LogP contribution < -0.4 is 14.4 Å². The molecule has 0 bridgehead atoms. The lowest BCUT2D eigenvalue weighted by Crippen LogP contribution is -2.53. The first-order valence-electron chi connectivity index (χ1n) is 14.4. The van der Waals surface area contributed by atoms with E-state index in [0.29, 0.717) is 34.3 Å². The van der Waals surface area contributed by atoms with Crippen molar-refractivity contribution in [1.29, 1.82) is 0 Å². The summed E-state index contributed by atoms with van der Waals surface area (Å²) in [5, 5.41) is 3.59. The maximum Gasteiger partial charge on any atom is 0.264 e. The molecule has 8 nitrogen and oxygen atoms in total. The van der Waals surface area contributed by atoms with Gasteiger partial charge in [-0.05, 0) is 72.1 Å². The van der Waals surface area contributed by atoms with E-state index in [4.69, 9.17) is 27.9 Å². The summed E-state index contributed by atoms with van der Waals surface area (Å²) in [5.41, 5.74) is 1.75. The van der Waals surface area contributed by atoms with Crippen LogP contribution in [0.5, 0.6) is 5.75 Å². The molecule has 4 rings (SSSR count). The zero-order valence-corrected chi connectivity index (χ0v) is 27.4. The van der Waals surface area contributed by atoms with E-state index >= 15 is 0 Å². The fraction of sp³-hybridized carbons (Fsp3) is 0.235. The minimum Gasteiger partial charge on any atom is -0.497 e. The van der Waals surface area contributed by atoms with Gasteiger partial charge in [-0.2, -0.15) is 0 Å². The van der Waals surface area contributed by atoms with Crippen molar-refractivity contribution in [3.05, 3.63) is 124 Å². The number of carbonyl (C=O) groups excluding carboxylic acids is 2. The summed E-state index contributed by atoms with van der Waals surface area (Å²) < 4.78 is 34.5. The molecule has 4 aromatic carbocycles. The number of amides is 2. The molecule has 236 valence electrons. The zero-order chi connectivity index (χ0) is 32.4. The third-order valence-corrected chi connectivity index (χ3v) is 9.36. The van der Waals surface area contributed by atoms with Gasteiger partial charge in [0.1, 0.15) is 18.3 Å². The Hall–Kier alpha value is -4.05. The molecule has 1 N–H and O–H groups in total. The second kappa shape index (κ2) is 15.8. The molecular formula is C34H35Cl2N3O5S. The number of hydrogen-bond donors (Lipinski definition) is 1. The van der Waals surface area contributed by atoms with Crippen LogP contribution >= 0.6 is 23.2 Å². The van der Waals surface area contributed by atoms with E-state index in [0.717, 1.165) is 9.87 Å². The van der Waals surface area contributed by atoms with Crippen LogP contribution in [0, 0.1) is 0 Å². The van der Waals surface area contributed by atoms with Gasteiger partial charge in [0.15, 0.2) is 0 Å². The third kappa shape index (κ3) is 9.00. The molecule has 4 aromatic rings. The highest BCUT2D eigenvalue weighted by molar-refractivity contribution is 7.92. The van der Waals surface area contributed by atoms with Crippen molar-refractivity contribution in [2.75, 3.05) is 24.5 Å². The summed E-state index contributed by atoms with van der Waals surface area (Å²) in [7, 11) is -2.73. The molecule has 0 saturated carbocycles. The molecule has 2 amide bonds. The number of ether oxygens (including phenoxy) is 1. The SMILES string of the molecule is CCCNC(=O)[C@H](Cc1ccccc1)N(Cc1cccc(OC)c1)C(=O)CN(c1cccc(Cl)c1)S(=O)(=O)c1ccc(Cl)cc1. The normalized spacial score (nSPS) is 11.8. The molecule has 0 spiro atoms. The molecule has 0 fully saturated rings. The second-order valence-corrected chi connectivity index (χ2v) is 13.1. The topological polar surface area (TPSA) is 96.0 Å². The van der Waals surface area contributed by atoms with Crippen molar-refractivity contribution in [2.24, 2.45) is 0 Å². The molecular weight excluding hydrogens is 633 g/mol. The van der Waals surface area contributed by atoms with Crippen molar-refractivity contribution in [1.82, 2.24) is 10.2 Å². The Morgan fingerprint density at radius 2 is 1.53 bits per heavy atom. The summed E-state index contributed by atoms with van der Waals surface area (Å²) in [5.74, 6) is -0.337. The minimum absolute atomic E-state index is 0.0253. The van der Waals surface area contributed by atoms with E-state index in [1.54, 1.807) is 43.5 Å². The van der Waals surface area contributed by atoms with Gasteiger partial charge in [0.2, 0.25) is 11.8 Å². The fourth-order valence-electron chi connectivity index (χ4n) is 4.78. The van der Waals surface area contributed by atoms with Gasteiger partial charge in [0, 0.05) is 29.6 Å². The van der Waals surface area contributed by atoms with Crippen molar-refractivity contribution < 1.29 is 22.7 Å². The number of benzene rings is 4. The predicted octanol–water partition coefficient (Wildman–Crippen LogP) is 6.36. The largest absolute Gasteiger partial charge is 0.497 e. The first-order valence-corrected chi connectivity index (χ1v) is 16.6. The van der Waals surface area contributed by atoms with Crippen LogP contribution in [-0.2, 0) is 32.6 Å². The lowest BCUT2D eigenvalue weighted by molar-refractivity contribution is -0.140. The molecule has 0 aliphatic rings. The second-order valence-electron chi connectivity index (χ2n) is 10.3. The van der Waals surface area contributed by atoms with E-state index in [9.17, 15) is 18.0 Å². The Balaban J connectivity index is 1.80. The smallest absolute Gasteiger partial charge is 0.264 e. The first kappa shape index (κ1) is 33.8. The number of nitrogens with one attached hydrogen (secondary N) is 1. The van der Waals surface area contributed by atoms with E-state index < -0.39 is 28.5 Å².